The maximum absolute atomic E-state index is 12.8. The Morgan fingerprint density at radius 3 is 2.35 bits per heavy atom. The number of halogens is 1. The van der Waals surface area contributed by atoms with E-state index in [-0.39, 0.29) is 35.3 Å². The van der Waals surface area contributed by atoms with Crippen LogP contribution >= 0.6 is 12.4 Å². The maximum atomic E-state index is 12.8. The Hall–Kier alpha value is -2.06. The van der Waals surface area contributed by atoms with E-state index in [1.54, 1.807) is 4.90 Å². The van der Waals surface area contributed by atoms with Gasteiger partial charge in [0.2, 0.25) is 0 Å². The van der Waals surface area contributed by atoms with Gasteiger partial charge in [0.1, 0.15) is 5.56 Å². The van der Waals surface area contributed by atoms with E-state index in [1.807, 2.05) is 7.05 Å². The van der Waals surface area contributed by atoms with Gasteiger partial charge in [0, 0.05) is 19.2 Å². The van der Waals surface area contributed by atoms with Gasteiger partial charge < -0.3 is 19.7 Å². The summed E-state index contributed by atoms with van der Waals surface area (Å²) in [5, 5.41) is 14.5. The molecule has 1 fully saturated rings. The predicted molar refractivity (Wildman–Crippen MR) is 101 cm³/mol. The topological polar surface area (TPSA) is 93.9 Å². The summed E-state index contributed by atoms with van der Waals surface area (Å²) >= 11 is 0. The first-order valence-electron chi connectivity index (χ1n) is 8.36. The third kappa shape index (κ3) is 4.98. The van der Waals surface area contributed by atoms with Crippen LogP contribution in [0.25, 0.3) is 0 Å². The first-order chi connectivity index (χ1) is 12.0. The number of methoxy groups -OCH3 is 2. The number of nitrogens with zero attached hydrogens (tertiary/aromatic N) is 2. The molecule has 1 heterocycles. The number of amides is 1. The molecular formula is C17H26ClN3O5. The number of nitrogens with one attached hydrogen (secondary N) is 1. The molecule has 1 aromatic rings. The Bertz CT molecular complexity index is 633. The van der Waals surface area contributed by atoms with Crippen molar-refractivity contribution < 1.29 is 19.2 Å². The van der Waals surface area contributed by atoms with Gasteiger partial charge in [-0.25, -0.2) is 0 Å². The standard InChI is InChI=1S/C17H25N3O5.ClH/c1-18-7-4-12-5-8-19(9-6-12)17(21)13-10-15(24-2)16(25-3)11-14(13)20(22)23;/h10-12,18H,4-9H2,1-3H3;1H. The van der Waals surface area contributed by atoms with Gasteiger partial charge in [-0.3, -0.25) is 14.9 Å². The van der Waals surface area contributed by atoms with Crippen molar-refractivity contribution in [3.05, 3.63) is 27.8 Å². The normalized spacial score (nSPS) is 14.5. The summed E-state index contributed by atoms with van der Waals surface area (Å²) < 4.78 is 10.3. The first-order valence-corrected chi connectivity index (χ1v) is 8.36. The smallest absolute Gasteiger partial charge is 0.286 e. The fourth-order valence-electron chi connectivity index (χ4n) is 3.13. The number of likely N-dealkylation sites (tertiary alicyclic amines) is 1. The third-order valence-corrected chi connectivity index (χ3v) is 4.63. The molecule has 8 nitrogen and oxygen atoms in total. The van der Waals surface area contributed by atoms with Crippen molar-refractivity contribution in [2.45, 2.75) is 19.3 Å². The van der Waals surface area contributed by atoms with E-state index in [1.165, 1.54) is 26.4 Å². The molecule has 0 aromatic heterocycles. The Labute approximate surface area is 159 Å². The lowest BCUT2D eigenvalue weighted by Gasteiger charge is -2.32. The fraction of sp³-hybridized carbons (Fsp3) is 0.588. The number of benzene rings is 1. The highest BCUT2D eigenvalue weighted by atomic mass is 35.5. The fourth-order valence-corrected chi connectivity index (χ4v) is 3.13. The van der Waals surface area contributed by atoms with Crippen molar-refractivity contribution in [1.29, 1.82) is 0 Å². The van der Waals surface area contributed by atoms with Crippen LogP contribution in [-0.4, -0.2) is 56.6 Å². The molecule has 0 aliphatic carbocycles. The molecule has 1 aliphatic heterocycles. The van der Waals surface area contributed by atoms with Crippen LogP contribution in [0, 0.1) is 16.0 Å². The van der Waals surface area contributed by atoms with Crippen LogP contribution in [0.1, 0.15) is 29.6 Å². The number of nitro benzene ring substituents is 1. The summed E-state index contributed by atoms with van der Waals surface area (Å²) in [6.07, 6.45) is 2.90. The van der Waals surface area contributed by atoms with Crippen LogP contribution in [0.3, 0.4) is 0 Å². The molecule has 26 heavy (non-hydrogen) atoms. The monoisotopic (exact) mass is 387 g/mol. The number of carbonyl (C=O) groups is 1. The molecule has 0 spiro atoms. The summed E-state index contributed by atoms with van der Waals surface area (Å²) in [6.45, 7) is 2.18. The largest absolute Gasteiger partial charge is 0.493 e. The first kappa shape index (κ1) is 22.0. The lowest BCUT2D eigenvalue weighted by atomic mass is 9.93. The molecule has 1 saturated heterocycles. The van der Waals surface area contributed by atoms with Crippen LogP contribution < -0.4 is 14.8 Å². The second kappa shape index (κ2) is 10.2. The number of rotatable bonds is 7. The molecule has 0 saturated carbocycles. The lowest BCUT2D eigenvalue weighted by Crippen LogP contribution is -2.39. The zero-order valence-electron chi connectivity index (χ0n) is 15.3. The average Bonchev–Trinajstić information content (AvgIpc) is 2.64. The van der Waals surface area contributed by atoms with E-state index in [9.17, 15) is 14.9 Å². The Morgan fingerprint density at radius 1 is 1.27 bits per heavy atom. The van der Waals surface area contributed by atoms with Gasteiger partial charge in [-0.2, -0.15) is 0 Å². The summed E-state index contributed by atoms with van der Waals surface area (Å²) in [5.74, 6) is 0.786. The van der Waals surface area contributed by atoms with Crippen molar-refractivity contribution in [1.82, 2.24) is 10.2 Å². The van der Waals surface area contributed by atoms with Crippen molar-refractivity contribution in [2.24, 2.45) is 5.92 Å². The molecule has 0 bridgehead atoms. The molecule has 2 rings (SSSR count). The molecule has 1 amide bonds. The molecule has 1 aliphatic rings. The number of ether oxygens (including phenoxy) is 2. The third-order valence-electron chi connectivity index (χ3n) is 4.63. The van der Waals surface area contributed by atoms with E-state index in [2.05, 4.69) is 5.32 Å². The van der Waals surface area contributed by atoms with E-state index in [4.69, 9.17) is 9.47 Å². The molecule has 0 atom stereocenters. The van der Waals surface area contributed by atoms with E-state index in [0.29, 0.717) is 24.8 Å². The molecule has 1 aromatic carbocycles. The van der Waals surface area contributed by atoms with Crippen LogP contribution in [0.4, 0.5) is 5.69 Å². The number of hydrogen-bond donors (Lipinski definition) is 1. The maximum Gasteiger partial charge on any atom is 0.286 e. The van der Waals surface area contributed by atoms with Crippen molar-refractivity contribution >= 4 is 24.0 Å². The second-order valence-corrected chi connectivity index (χ2v) is 6.11. The highest BCUT2D eigenvalue weighted by Crippen LogP contribution is 2.35. The SMILES string of the molecule is CNCCC1CCN(C(=O)c2cc(OC)c(OC)cc2[N+](=O)[O-])CC1.Cl. The van der Waals surface area contributed by atoms with E-state index >= 15 is 0 Å². The highest BCUT2D eigenvalue weighted by Gasteiger charge is 2.30. The minimum absolute atomic E-state index is 0. The van der Waals surface area contributed by atoms with Gasteiger partial charge in [-0.1, -0.05) is 0 Å². The number of carbonyl (C=O) groups excluding carboxylic acids is 1. The van der Waals surface area contributed by atoms with E-state index in [0.717, 1.165) is 25.8 Å². The summed E-state index contributed by atoms with van der Waals surface area (Å²) in [4.78, 5) is 25.3. The van der Waals surface area contributed by atoms with Gasteiger partial charge in [-0.15, -0.1) is 12.4 Å². The minimum atomic E-state index is -0.561. The van der Waals surface area contributed by atoms with Crippen LogP contribution in [0.5, 0.6) is 11.5 Å². The van der Waals surface area contributed by atoms with Crippen LogP contribution in [0.2, 0.25) is 0 Å². The van der Waals surface area contributed by atoms with Gasteiger partial charge in [-0.05, 0) is 38.8 Å². The number of nitro groups is 1. The van der Waals surface area contributed by atoms with Gasteiger partial charge in [0.25, 0.3) is 11.6 Å². The molecular weight excluding hydrogens is 362 g/mol. The highest BCUT2D eigenvalue weighted by molar-refractivity contribution is 5.99. The zero-order chi connectivity index (χ0) is 18.4. The predicted octanol–water partition coefficient (Wildman–Crippen LogP) is 2.50. The molecule has 9 heteroatoms. The minimum Gasteiger partial charge on any atom is -0.493 e. The van der Waals surface area contributed by atoms with Crippen LogP contribution in [-0.2, 0) is 0 Å². The van der Waals surface area contributed by atoms with Crippen LogP contribution in [0.15, 0.2) is 12.1 Å². The number of hydrogen-bond acceptors (Lipinski definition) is 6. The Morgan fingerprint density at radius 2 is 1.85 bits per heavy atom. The second-order valence-electron chi connectivity index (χ2n) is 6.11. The molecule has 0 unspecified atom stereocenters. The summed E-state index contributed by atoms with van der Waals surface area (Å²) in [5.41, 5.74) is -0.226. The average molecular weight is 388 g/mol. The van der Waals surface area contributed by atoms with Crippen molar-refractivity contribution in [3.63, 3.8) is 0 Å². The van der Waals surface area contributed by atoms with Gasteiger partial charge >= 0.3 is 0 Å². The van der Waals surface area contributed by atoms with Crippen molar-refractivity contribution in [3.8, 4) is 11.5 Å². The molecule has 1 N–H and O–H groups in total. The number of piperidine rings is 1. The van der Waals surface area contributed by atoms with Crippen molar-refractivity contribution in [2.75, 3.05) is 40.9 Å². The lowest BCUT2D eigenvalue weighted by molar-refractivity contribution is -0.385. The Kier molecular flexibility index (Phi) is 8.60. The quantitative estimate of drug-likeness (QED) is 0.570. The van der Waals surface area contributed by atoms with E-state index < -0.39 is 4.92 Å². The van der Waals surface area contributed by atoms with Gasteiger partial charge in [0.15, 0.2) is 11.5 Å². The molecule has 146 valence electrons. The van der Waals surface area contributed by atoms with Gasteiger partial charge in [0.05, 0.1) is 25.2 Å². The molecule has 0 radical (unpaired) electrons. The summed E-state index contributed by atoms with van der Waals surface area (Å²) in [7, 11) is 4.76. The zero-order valence-corrected chi connectivity index (χ0v) is 16.1. The Balaban J connectivity index is 0.00000338. The summed E-state index contributed by atoms with van der Waals surface area (Å²) in [6, 6.07) is 2.64.